The van der Waals surface area contributed by atoms with Crippen LogP contribution in [0.2, 0.25) is 5.02 Å². The number of nitrogens with zero attached hydrogens (tertiary/aromatic N) is 4. The zero-order valence-electron chi connectivity index (χ0n) is 15.1. The van der Waals surface area contributed by atoms with Gasteiger partial charge in [-0.05, 0) is 49.2 Å². The van der Waals surface area contributed by atoms with Gasteiger partial charge in [0.15, 0.2) is 6.61 Å². The van der Waals surface area contributed by atoms with Crippen LogP contribution in [0.1, 0.15) is 25.7 Å². The number of carbonyl (C=O) groups is 1. The van der Waals surface area contributed by atoms with E-state index in [9.17, 15) is 4.79 Å². The molecular formula is C20H19ClN4O2S. The van der Waals surface area contributed by atoms with Crippen molar-refractivity contribution in [2.45, 2.75) is 31.7 Å². The Balaban J connectivity index is 1.53. The third-order valence-corrected chi connectivity index (χ3v) is 5.91. The highest BCUT2D eigenvalue weighted by Crippen LogP contribution is 2.33. The van der Waals surface area contributed by atoms with E-state index >= 15 is 0 Å². The van der Waals surface area contributed by atoms with Gasteiger partial charge in [0.1, 0.15) is 10.8 Å². The first-order valence-corrected chi connectivity index (χ1v) is 10.3. The highest BCUT2D eigenvalue weighted by Gasteiger charge is 2.31. The minimum absolute atomic E-state index is 0.0533. The molecule has 1 saturated carbocycles. The summed E-state index contributed by atoms with van der Waals surface area (Å²) >= 11 is 7.31. The van der Waals surface area contributed by atoms with Crippen LogP contribution >= 0.6 is 22.9 Å². The molecule has 3 aromatic rings. The molecule has 1 aromatic carbocycles. The quantitative estimate of drug-likeness (QED) is 0.589. The molecule has 1 aliphatic rings. The van der Waals surface area contributed by atoms with E-state index in [1.807, 2.05) is 12.1 Å². The second kappa shape index (κ2) is 8.67. The van der Waals surface area contributed by atoms with Crippen molar-refractivity contribution in [1.82, 2.24) is 15.2 Å². The molecule has 0 atom stereocenters. The second-order valence-corrected chi connectivity index (χ2v) is 7.96. The van der Waals surface area contributed by atoms with Crippen molar-refractivity contribution in [3.8, 4) is 16.3 Å². The maximum Gasteiger partial charge on any atom is 0.267 e. The average Bonchev–Trinajstić information content (AvgIpc) is 3.41. The molecule has 0 unspecified atom stereocenters. The smallest absolute Gasteiger partial charge is 0.267 e. The summed E-state index contributed by atoms with van der Waals surface area (Å²) in [6, 6.07) is 10.9. The van der Waals surface area contributed by atoms with Crippen LogP contribution in [0.15, 0.2) is 48.8 Å². The Hall–Kier alpha value is -2.51. The molecule has 1 aliphatic carbocycles. The molecule has 0 radical (unpaired) electrons. The van der Waals surface area contributed by atoms with E-state index in [-0.39, 0.29) is 18.6 Å². The van der Waals surface area contributed by atoms with Gasteiger partial charge in [-0.1, -0.05) is 35.8 Å². The van der Waals surface area contributed by atoms with Crippen LogP contribution in [0.25, 0.3) is 10.6 Å². The lowest BCUT2D eigenvalue weighted by Crippen LogP contribution is -2.41. The first-order chi connectivity index (χ1) is 13.7. The summed E-state index contributed by atoms with van der Waals surface area (Å²) in [6.07, 6.45) is 7.60. The molecule has 1 fully saturated rings. The predicted molar refractivity (Wildman–Crippen MR) is 110 cm³/mol. The molecule has 6 nitrogen and oxygen atoms in total. The minimum Gasteiger partial charge on any atom is -0.484 e. The predicted octanol–water partition coefficient (Wildman–Crippen LogP) is 4.61. The van der Waals surface area contributed by atoms with Crippen LogP contribution in [0.5, 0.6) is 5.75 Å². The Morgan fingerprint density at radius 3 is 2.54 bits per heavy atom. The van der Waals surface area contributed by atoms with Crippen LogP contribution in [0, 0.1) is 0 Å². The molecule has 2 aromatic heterocycles. The standard InChI is InChI=1S/C20H19ClN4O2S/c21-15-5-7-17(8-6-15)27-13-18(26)25(16-3-1-2-4-16)20-24-23-19(28-20)14-9-11-22-12-10-14/h5-12,16H,1-4,13H2. The molecule has 8 heteroatoms. The number of hydrogen-bond donors (Lipinski definition) is 0. The number of pyridine rings is 1. The molecule has 1 amide bonds. The second-order valence-electron chi connectivity index (χ2n) is 6.57. The van der Waals surface area contributed by atoms with Crippen LogP contribution in [-0.4, -0.2) is 33.7 Å². The highest BCUT2D eigenvalue weighted by atomic mass is 35.5. The number of ether oxygens (including phenoxy) is 1. The molecule has 28 heavy (non-hydrogen) atoms. The number of halogens is 1. The van der Waals surface area contributed by atoms with E-state index < -0.39 is 0 Å². The maximum absolute atomic E-state index is 13.0. The third-order valence-electron chi connectivity index (χ3n) is 4.68. The zero-order chi connectivity index (χ0) is 19.3. The summed E-state index contributed by atoms with van der Waals surface area (Å²) in [5.74, 6) is 0.498. The zero-order valence-corrected chi connectivity index (χ0v) is 16.7. The number of rotatable bonds is 6. The van der Waals surface area contributed by atoms with Crippen LogP contribution in [-0.2, 0) is 4.79 Å². The van der Waals surface area contributed by atoms with E-state index in [0.29, 0.717) is 15.9 Å². The van der Waals surface area contributed by atoms with Crippen molar-refractivity contribution < 1.29 is 9.53 Å². The van der Waals surface area contributed by atoms with Crippen molar-refractivity contribution in [2.24, 2.45) is 0 Å². The molecule has 0 aliphatic heterocycles. The topological polar surface area (TPSA) is 68.2 Å². The average molecular weight is 415 g/mol. The van der Waals surface area contributed by atoms with Gasteiger partial charge in [-0.2, -0.15) is 0 Å². The molecule has 0 N–H and O–H groups in total. The number of aromatic nitrogens is 3. The fourth-order valence-corrected chi connectivity index (χ4v) is 4.36. The van der Waals surface area contributed by atoms with E-state index in [2.05, 4.69) is 15.2 Å². The van der Waals surface area contributed by atoms with Gasteiger partial charge in [-0.3, -0.25) is 14.7 Å². The van der Waals surface area contributed by atoms with E-state index in [1.54, 1.807) is 41.6 Å². The lowest BCUT2D eigenvalue weighted by Gasteiger charge is -2.26. The van der Waals surface area contributed by atoms with Gasteiger partial charge in [0.05, 0.1) is 0 Å². The van der Waals surface area contributed by atoms with Gasteiger partial charge in [-0.25, -0.2) is 0 Å². The number of anilines is 1. The Morgan fingerprint density at radius 2 is 1.82 bits per heavy atom. The van der Waals surface area contributed by atoms with Crippen LogP contribution in [0.4, 0.5) is 5.13 Å². The van der Waals surface area contributed by atoms with Gasteiger partial charge in [0.25, 0.3) is 5.91 Å². The van der Waals surface area contributed by atoms with E-state index in [0.717, 1.165) is 36.3 Å². The van der Waals surface area contributed by atoms with Gasteiger partial charge >= 0.3 is 0 Å². The lowest BCUT2D eigenvalue weighted by molar-refractivity contribution is -0.121. The van der Waals surface area contributed by atoms with Crippen molar-refractivity contribution in [3.05, 3.63) is 53.8 Å². The number of benzene rings is 1. The Kier molecular flexibility index (Phi) is 5.83. The first-order valence-electron chi connectivity index (χ1n) is 9.15. The Bertz CT molecular complexity index is 927. The molecule has 0 bridgehead atoms. The molecule has 0 saturated heterocycles. The maximum atomic E-state index is 13.0. The number of amides is 1. The molecule has 144 valence electrons. The summed E-state index contributed by atoms with van der Waals surface area (Å²) in [5, 5.41) is 10.6. The van der Waals surface area contributed by atoms with Crippen molar-refractivity contribution >= 4 is 34.0 Å². The number of hydrogen-bond acceptors (Lipinski definition) is 6. The summed E-state index contributed by atoms with van der Waals surface area (Å²) in [5.41, 5.74) is 0.940. The van der Waals surface area contributed by atoms with E-state index in [4.69, 9.17) is 16.3 Å². The summed E-state index contributed by atoms with van der Waals surface area (Å²) in [4.78, 5) is 18.8. The van der Waals surface area contributed by atoms with Crippen molar-refractivity contribution in [3.63, 3.8) is 0 Å². The van der Waals surface area contributed by atoms with Gasteiger partial charge in [0, 0.05) is 29.0 Å². The highest BCUT2D eigenvalue weighted by molar-refractivity contribution is 7.18. The monoisotopic (exact) mass is 414 g/mol. The third kappa shape index (κ3) is 4.31. The molecule has 4 rings (SSSR count). The van der Waals surface area contributed by atoms with Gasteiger partial charge in [-0.15, -0.1) is 10.2 Å². The fourth-order valence-electron chi connectivity index (χ4n) is 3.30. The molecule has 0 spiro atoms. The summed E-state index contributed by atoms with van der Waals surface area (Å²) < 4.78 is 5.67. The van der Waals surface area contributed by atoms with Gasteiger partial charge < -0.3 is 4.74 Å². The Labute approximate surface area is 172 Å². The van der Waals surface area contributed by atoms with Crippen LogP contribution < -0.4 is 9.64 Å². The minimum atomic E-state index is -0.112. The summed E-state index contributed by atoms with van der Waals surface area (Å²) in [7, 11) is 0. The summed E-state index contributed by atoms with van der Waals surface area (Å²) in [6.45, 7) is -0.0533. The normalized spacial score (nSPS) is 14.2. The SMILES string of the molecule is O=C(COc1ccc(Cl)cc1)N(c1nnc(-c2ccncc2)s1)C1CCCC1. The van der Waals surface area contributed by atoms with Crippen LogP contribution in [0.3, 0.4) is 0 Å². The van der Waals surface area contributed by atoms with E-state index in [1.165, 1.54) is 11.3 Å². The van der Waals surface area contributed by atoms with Crippen molar-refractivity contribution in [2.75, 3.05) is 11.5 Å². The lowest BCUT2D eigenvalue weighted by atomic mass is 10.2. The number of carbonyl (C=O) groups excluding carboxylic acids is 1. The molecule has 2 heterocycles. The van der Waals surface area contributed by atoms with Crippen molar-refractivity contribution in [1.29, 1.82) is 0 Å². The van der Waals surface area contributed by atoms with Gasteiger partial charge in [0.2, 0.25) is 5.13 Å². The first kappa shape index (κ1) is 18.8. The Morgan fingerprint density at radius 1 is 1.11 bits per heavy atom. The molecular weight excluding hydrogens is 396 g/mol. The largest absolute Gasteiger partial charge is 0.484 e. The fraction of sp³-hybridized carbons (Fsp3) is 0.300.